The summed E-state index contributed by atoms with van der Waals surface area (Å²) in [5.74, 6) is 0. The number of methoxy groups -OCH3 is 1. The van der Waals surface area contributed by atoms with Crippen molar-refractivity contribution in [2.45, 2.75) is 30.7 Å². The van der Waals surface area contributed by atoms with Gasteiger partial charge in [-0.3, -0.25) is 0 Å². The Morgan fingerprint density at radius 2 is 1.89 bits per heavy atom. The minimum Gasteiger partial charge on any atom is -0.432 e. The maximum atomic E-state index is 11.2. The quantitative estimate of drug-likeness (QED) is 0.321. The summed E-state index contributed by atoms with van der Waals surface area (Å²) in [6.45, 7) is -0.492. The fourth-order valence-corrected chi connectivity index (χ4v) is 1.55. The monoisotopic (exact) mass is 282 g/mol. The van der Waals surface area contributed by atoms with E-state index in [0.29, 0.717) is 0 Å². The first-order valence-electron chi connectivity index (χ1n) is 5.64. The lowest BCUT2D eigenvalue weighted by Crippen LogP contribution is -2.59. The van der Waals surface area contributed by atoms with E-state index in [2.05, 4.69) is 14.2 Å². The molecule has 0 aromatic carbocycles. The number of hydrogen-bond donors (Lipinski definition) is 4. The van der Waals surface area contributed by atoms with Crippen LogP contribution in [0.1, 0.15) is 0 Å². The van der Waals surface area contributed by atoms with Crippen LogP contribution in [0.4, 0.5) is 4.79 Å². The molecule has 0 radical (unpaired) electrons. The third-order valence-electron chi connectivity index (χ3n) is 2.58. The Morgan fingerprint density at radius 3 is 2.47 bits per heavy atom. The van der Waals surface area contributed by atoms with Crippen LogP contribution in [0.15, 0.2) is 0 Å². The van der Waals surface area contributed by atoms with Crippen molar-refractivity contribution in [2.24, 2.45) is 0 Å². The lowest BCUT2D eigenvalue weighted by Gasteiger charge is -2.38. The van der Waals surface area contributed by atoms with E-state index in [9.17, 15) is 20.1 Å². The maximum absolute atomic E-state index is 11.2. The molecule has 0 saturated carbocycles. The average Bonchev–Trinajstić information content (AvgIpc) is 2.39. The molecular weight excluding hydrogens is 264 g/mol. The molecule has 5 atom stereocenters. The van der Waals surface area contributed by atoms with E-state index >= 15 is 0 Å². The van der Waals surface area contributed by atoms with Gasteiger partial charge in [0.15, 0.2) is 12.4 Å². The molecule has 4 N–H and O–H groups in total. The molecule has 0 unspecified atom stereocenters. The smallest absolute Gasteiger partial charge is 0.432 e. The van der Waals surface area contributed by atoms with Crippen LogP contribution in [0.2, 0.25) is 0 Å². The summed E-state index contributed by atoms with van der Waals surface area (Å²) < 4.78 is 18.7. The van der Waals surface area contributed by atoms with Crippen molar-refractivity contribution in [1.29, 1.82) is 0 Å². The zero-order valence-electron chi connectivity index (χ0n) is 10.3. The van der Waals surface area contributed by atoms with Crippen LogP contribution in [-0.2, 0) is 18.9 Å². The Bertz CT molecular complexity index is 284. The van der Waals surface area contributed by atoms with Gasteiger partial charge >= 0.3 is 6.16 Å². The Balaban J connectivity index is 2.50. The lowest BCUT2D eigenvalue weighted by molar-refractivity contribution is -0.288. The zero-order chi connectivity index (χ0) is 14.4. The van der Waals surface area contributed by atoms with Crippen molar-refractivity contribution in [3.63, 3.8) is 0 Å². The number of carbonyl (C=O) groups is 1. The second-order valence-electron chi connectivity index (χ2n) is 3.90. The van der Waals surface area contributed by atoms with Crippen LogP contribution >= 0.6 is 0 Å². The minimum atomic E-state index is -1.68. The van der Waals surface area contributed by atoms with Gasteiger partial charge in [0, 0.05) is 7.11 Å². The van der Waals surface area contributed by atoms with Crippen molar-refractivity contribution in [2.75, 3.05) is 26.9 Å². The van der Waals surface area contributed by atoms with Crippen LogP contribution in [-0.4, -0.2) is 84.2 Å². The van der Waals surface area contributed by atoms with Crippen LogP contribution in [0.25, 0.3) is 0 Å². The highest BCUT2D eigenvalue weighted by molar-refractivity contribution is 5.60. The summed E-state index contributed by atoms with van der Waals surface area (Å²) in [7, 11) is 1.42. The predicted molar refractivity (Wildman–Crippen MR) is 58.1 cm³/mol. The Hall–Kier alpha value is -0.970. The van der Waals surface area contributed by atoms with Crippen LogP contribution < -0.4 is 0 Å². The summed E-state index contributed by atoms with van der Waals surface area (Å²) in [6, 6.07) is 0. The first-order chi connectivity index (χ1) is 9.01. The van der Waals surface area contributed by atoms with E-state index in [4.69, 9.17) is 9.84 Å². The molecule has 1 aliphatic heterocycles. The summed E-state index contributed by atoms with van der Waals surface area (Å²) in [5.41, 5.74) is 0. The normalized spacial score (nSPS) is 34.9. The average molecular weight is 282 g/mol. The molecule has 1 aliphatic rings. The largest absolute Gasteiger partial charge is 0.508 e. The highest BCUT2D eigenvalue weighted by Gasteiger charge is 2.46. The van der Waals surface area contributed by atoms with Crippen LogP contribution in [0.3, 0.4) is 0 Å². The van der Waals surface area contributed by atoms with Crippen molar-refractivity contribution < 1.29 is 44.2 Å². The summed E-state index contributed by atoms with van der Waals surface area (Å²) in [6.07, 6.45) is -8.58. The van der Waals surface area contributed by atoms with Gasteiger partial charge in [0.1, 0.15) is 24.9 Å². The molecule has 19 heavy (non-hydrogen) atoms. The van der Waals surface area contributed by atoms with Crippen LogP contribution in [0, 0.1) is 0 Å². The zero-order valence-corrected chi connectivity index (χ0v) is 10.3. The number of aliphatic hydroxyl groups is 4. The van der Waals surface area contributed by atoms with Crippen molar-refractivity contribution in [3.8, 4) is 0 Å². The molecule has 0 aromatic rings. The van der Waals surface area contributed by atoms with E-state index in [1.807, 2.05) is 0 Å². The van der Waals surface area contributed by atoms with E-state index in [-0.39, 0.29) is 13.2 Å². The number of hydrogen-bond acceptors (Lipinski definition) is 9. The van der Waals surface area contributed by atoms with Crippen molar-refractivity contribution >= 4 is 6.16 Å². The molecule has 9 heteroatoms. The number of aliphatic hydroxyl groups excluding tert-OH is 4. The van der Waals surface area contributed by atoms with E-state index < -0.39 is 43.5 Å². The van der Waals surface area contributed by atoms with Gasteiger partial charge in [0.2, 0.25) is 0 Å². The molecule has 0 aliphatic carbocycles. The highest BCUT2D eigenvalue weighted by atomic mass is 16.8. The standard InChI is InChI=1S/C10H18O9/c1-16-2-3-17-10(15)19-8-7(13)6(12)5(4-11)18-9(8)14/h5-9,11-14H,2-4H2,1H3/t5-,6-,7+,8-,9-/m1/s1. The van der Waals surface area contributed by atoms with Gasteiger partial charge in [-0.15, -0.1) is 0 Å². The van der Waals surface area contributed by atoms with Gasteiger partial charge in [-0.1, -0.05) is 0 Å². The van der Waals surface area contributed by atoms with Gasteiger partial charge < -0.3 is 39.4 Å². The predicted octanol–water partition coefficient (Wildman–Crippen LogP) is -2.41. The first kappa shape index (κ1) is 16.1. The molecule has 1 fully saturated rings. The molecule has 0 aromatic heterocycles. The first-order valence-corrected chi connectivity index (χ1v) is 5.64. The molecule has 1 saturated heterocycles. The van der Waals surface area contributed by atoms with Gasteiger partial charge in [-0.25, -0.2) is 4.79 Å². The Kier molecular flexibility index (Phi) is 6.42. The number of carbonyl (C=O) groups excluding carboxylic acids is 1. The van der Waals surface area contributed by atoms with Gasteiger partial charge in [0.05, 0.1) is 13.2 Å². The minimum absolute atomic E-state index is 0.0586. The second kappa shape index (κ2) is 7.58. The Labute approximate surface area is 109 Å². The number of rotatable bonds is 5. The summed E-state index contributed by atoms with van der Waals surface area (Å²) in [4.78, 5) is 11.2. The second-order valence-corrected chi connectivity index (χ2v) is 3.90. The van der Waals surface area contributed by atoms with Gasteiger partial charge in [-0.05, 0) is 0 Å². The molecule has 0 bridgehead atoms. The SMILES string of the molecule is COCCOC(=O)O[C@@H]1[C@@H](O)[C@H](O)[C@@H](CO)O[C@H]1O. The molecule has 1 heterocycles. The Morgan fingerprint density at radius 1 is 1.21 bits per heavy atom. The van der Waals surface area contributed by atoms with Gasteiger partial charge in [-0.2, -0.15) is 0 Å². The number of ether oxygens (including phenoxy) is 4. The lowest BCUT2D eigenvalue weighted by atomic mass is 9.99. The third kappa shape index (κ3) is 4.27. The molecule has 0 amide bonds. The molecule has 0 spiro atoms. The van der Waals surface area contributed by atoms with E-state index in [0.717, 1.165) is 0 Å². The van der Waals surface area contributed by atoms with E-state index in [1.165, 1.54) is 7.11 Å². The van der Waals surface area contributed by atoms with Crippen molar-refractivity contribution in [3.05, 3.63) is 0 Å². The summed E-state index contributed by atoms with van der Waals surface area (Å²) >= 11 is 0. The van der Waals surface area contributed by atoms with Gasteiger partial charge in [0.25, 0.3) is 0 Å². The maximum Gasteiger partial charge on any atom is 0.508 e. The fraction of sp³-hybridized carbons (Fsp3) is 0.900. The topological polar surface area (TPSA) is 135 Å². The fourth-order valence-electron chi connectivity index (χ4n) is 1.55. The van der Waals surface area contributed by atoms with Crippen LogP contribution in [0.5, 0.6) is 0 Å². The molecule has 1 rings (SSSR count). The van der Waals surface area contributed by atoms with Crippen molar-refractivity contribution in [1.82, 2.24) is 0 Å². The summed E-state index contributed by atoms with van der Waals surface area (Å²) in [5, 5.41) is 37.6. The van der Waals surface area contributed by atoms with E-state index in [1.54, 1.807) is 0 Å². The highest BCUT2D eigenvalue weighted by Crippen LogP contribution is 2.22. The molecule has 9 nitrogen and oxygen atoms in total. The molecular formula is C10H18O9. The molecule has 112 valence electrons. The third-order valence-corrected chi connectivity index (χ3v) is 2.58.